The minimum atomic E-state index is 0.144. The largest absolute Gasteiger partial charge is 0.490 e. The molecule has 0 amide bonds. The SMILES string of the molecule is CN1CCOC(COc2ccnc3ccccc23)C1. The van der Waals surface area contributed by atoms with Crippen LogP contribution in [0.25, 0.3) is 10.9 Å². The van der Waals surface area contributed by atoms with Gasteiger partial charge in [0.05, 0.1) is 12.1 Å². The summed E-state index contributed by atoms with van der Waals surface area (Å²) in [6.45, 7) is 3.28. The van der Waals surface area contributed by atoms with Crippen LogP contribution in [0.1, 0.15) is 0 Å². The number of nitrogens with zero attached hydrogens (tertiary/aromatic N) is 2. The molecule has 0 radical (unpaired) electrons. The fourth-order valence-electron chi connectivity index (χ4n) is 2.35. The smallest absolute Gasteiger partial charge is 0.130 e. The molecule has 2 aromatic rings. The first-order valence-electron chi connectivity index (χ1n) is 6.59. The number of rotatable bonds is 3. The molecule has 1 aromatic heterocycles. The van der Waals surface area contributed by atoms with Gasteiger partial charge in [0, 0.05) is 24.7 Å². The van der Waals surface area contributed by atoms with Gasteiger partial charge in [-0.2, -0.15) is 0 Å². The fourth-order valence-corrected chi connectivity index (χ4v) is 2.35. The first-order valence-corrected chi connectivity index (χ1v) is 6.59. The normalized spacial score (nSPS) is 20.6. The van der Waals surface area contributed by atoms with E-state index in [-0.39, 0.29) is 6.10 Å². The fraction of sp³-hybridized carbons (Fsp3) is 0.400. The second kappa shape index (κ2) is 5.55. The third-order valence-electron chi connectivity index (χ3n) is 3.38. The van der Waals surface area contributed by atoms with Crippen molar-refractivity contribution in [3.63, 3.8) is 0 Å². The first kappa shape index (κ1) is 12.4. The van der Waals surface area contributed by atoms with Crippen LogP contribution in [0, 0.1) is 0 Å². The van der Waals surface area contributed by atoms with Crippen LogP contribution >= 0.6 is 0 Å². The summed E-state index contributed by atoms with van der Waals surface area (Å²) in [6, 6.07) is 9.92. The van der Waals surface area contributed by atoms with Gasteiger partial charge in [0.2, 0.25) is 0 Å². The molecule has 3 rings (SSSR count). The number of para-hydroxylation sites is 1. The number of benzene rings is 1. The Morgan fingerprint density at radius 3 is 3.16 bits per heavy atom. The molecule has 4 nitrogen and oxygen atoms in total. The van der Waals surface area contributed by atoms with Gasteiger partial charge in [-0.25, -0.2) is 0 Å². The molecule has 0 N–H and O–H groups in total. The second-order valence-corrected chi connectivity index (χ2v) is 4.89. The highest BCUT2D eigenvalue weighted by Gasteiger charge is 2.18. The molecule has 1 atom stereocenters. The number of likely N-dealkylation sites (N-methyl/N-ethyl adjacent to an activating group) is 1. The molecular formula is C15H18N2O2. The summed E-state index contributed by atoms with van der Waals surface area (Å²) in [5.74, 6) is 0.877. The topological polar surface area (TPSA) is 34.6 Å². The van der Waals surface area contributed by atoms with Crippen molar-refractivity contribution in [2.75, 3.05) is 33.4 Å². The van der Waals surface area contributed by atoms with E-state index in [9.17, 15) is 0 Å². The first-order chi connectivity index (χ1) is 9.33. The van der Waals surface area contributed by atoms with Crippen LogP contribution in [0.2, 0.25) is 0 Å². The minimum Gasteiger partial charge on any atom is -0.490 e. The number of hydrogen-bond acceptors (Lipinski definition) is 4. The minimum absolute atomic E-state index is 0.144. The Morgan fingerprint density at radius 2 is 2.26 bits per heavy atom. The Hall–Kier alpha value is -1.65. The van der Waals surface area contributed by atoms with Gasteiger partial charge >= 0.3 is 0 Å². The number of pyridine rings is 1. The summed E-state index contributed by atoms with van der Waals surface area (Å²) >= 11 is 0. The molecule has 0 bridgehead atoms. The van der Waals surface area contributed by atoms with E-state index >= 15 is 0 Å². The summed E-state index contributed by atoms with van der Waals surface area (Å²) in [5.41, 5.74) is 0.960. The van der Waals surface area contributed by atoms with Gasteiger partial charge in [-0.3, -0.25) is 4.98 Å². The molecule has 1 unspecified atom stereocenters. The van der Waals surface area contributed by atoms with Crippen molar-refractivity contribution < 1.29 is 9.47 Å². The van der Waals surface area contributed by atoms with Crippen molar-refractivity contribution in [2.45, 2.75) is 6.10 Å². The van der Waals surface area contributed by atoms with Crippen LogP contribution in [-0.4, -0.2) is 49.3 Å². The maximum Gasteiger partial charge on any atom is 0.130 e. The van der Waals surface area contributed by atoms with Crippen molar-refractivity contribution >= 4 is 10.9 Å². The van der Waals surface area contributed by atoms with Crippen LogP contribution in [0.4, 0.5) is 0 Å². The van der Waals surface area contributed by atoms with Gasteiger partial charge in [-0.1, -0.05) is 12.1 Å². The van der Waals surface area contributed by atoms with E-state index in [1.54, 1.807) is 6.20 Å². The zero-order valence-corrected chi connectivity index (χ0v) is 11.1. The van der Waals surface area contributed by atoms with Crippen molar-refractivity contribution in [1.29, 1.82) is 0 Å². The molecular weight excluding hydrogens is 240 g/mol. The number of aromatic nitrogens is 1. The van der Waals surface area contributed by atoms with Gasteiger partial charge in [0.15, 0.2) is 0 Å². The van der Waals surface area contributed by atoms with Gasteiger partial charge < -0.3 is 14.4 Å². The Labute approximate surface area is 113 Å². The molecule has 0 aliphatic carbocycles. The lowest BCUT2D eigenvalue weighted by Crippen LogP contribution is -2.42. The van der Waals surface area contributed by atoms with Gasteiger partial charge in [-0.05, 0) is 25.2 Å². The van der Waals surface area contributed by atoms with Crippen molar-refractivity contribution in [2.24, 2.45) is 0 Å². The number of ether oxygens (including phenoxy) is 2. The van der Waals surface area contributed by atoms with E-state index in [2.05, 4.69) is 16.9 Å². The van der Waals surface area contributed by atoms with E-state index < -0.39 is 0 Å². The van der Waals surface area contributed by atoms with Crippen LogP contribution in [0.3, 0.4) is 0 Å². The Morgan fingerprint density at radius 1 is 1.37 bits per heavy atom. The molecule has 19 heavy (non-hydrogen) atoms. The lowest BCUT2D eigenvalue weighted by Gasteiger charge is -2.29. The van der Waals surface area contributed by atoms with Crippen LogP contribution < -0.4 is 4.74 Å². The third kappa shape index (κ3) is 2.85. The highest BCUT2D eigenvalue weighted by atomic mass is 16.5. The Kier molecular flexibility index (Phi) is 3.62. The number of morpholine rings is 1. The predicted octanol–water partition coefficient (Wildman–Crippen LogP) is 1.94. The zero-order chi connectivity index (χ0) is 13.1. The van der Waals surface area contributed by atoms with Crippen molar-refractivity contribution in [3.8, 4) is 5.75 Å². The molecule has 100 valence electrons. The second-order valence-electron chi connectivity index (χ2n) is 4.89. The van der Waals surface area contributed by atoms with Crippen molar-refractivity contribution in [3.05, 3.63) is 36.5 Å². The lowest BCUT2D eigenvalue weighted by atomic mass is 10.2. The Bertz CT molecular complexity index is 553. The molecule has 0 spiro atoms. The highest BCUT2D eigenvalue weighted by Crippen LogP contribution is 2.23. The van der Waals surface area contributed by atoms with E-state index in [1.165, 1.54) is 0 Å². The van der Waals surface area contributed by atoms with Crippen LogP contribution in [-0.2, 0) is 4.74 Å². The van der Waals surface area contributed by atoms with Gasteiger partial charge in [0.1, 0.15) is 18.5 Å². The van der Waals surface area contributed by atoms with E-state index in [0.29, 0.717) is 6.61 Å². The van der Waals surface area contributed by atoms with Crippen molar-refractivity contribution in [1.82, 2.24) is 9.88 Å². The third-order valence-corrected chi connectivity index (χ3v) is 3.38. The van der Waals surface area contributed by atoms with Crippen LogP contribution in [0.15, 0.2) is 36.5 Å². The molecule has 1 aromatic carbocycles. The molecule has 1 aliphatic heterocycles. The van der Waals surface area contributed by atoms with Crippen LogP contribution in [0.5, 0.6) is 5.75 Å². The maximum absolute atomic E-state index is 5.92. The molecule has 0 saturated carbocycles. The average Bonchev–Trinajstić information content (AvgIpc) is 2.45. The zero-order valence-electron chi connectivity index (χ0n) is 11.1. The van der Waals surface area contributed by atoms with E-state index in [0.717, 1.165) is 36.3 Å². The summed E-state index contributed by atoms with van der Waals surface area (Å²) in [4.78, 5) is 6.60. The monoisotopic (exact) mass is 258 g/mol. The standard InChI is InChI=1S/C15H18N2O2/c1-17-8-9-18-12(10-17)11-19-15-6-7-16-14-5-3-2-4-13(14)15/h2-7,12H,8-11H2,1H3. The summed E-state index contributed by atoms with van der Waals surface area (Å²) in [7, 11) is 2.11. The quantitative estimate of drug-likeness (QED) is 0.842. The highest BCUT2D eigenvalue weighted by molar-refractivity contribution is 5.84. The summed E-state index contributed by atoms with van der Waals surface area (Å²) in [5, 5.41) is 1.05. The predicted molar refractivity (Wildman–Crippen MR) is 74.5 cm³/mol. The number of fused-ring (bicyclic) bond motifs is 1. The lowest BCUT2D eigenvalue weighted by molar-refractivity contribution is -0.0401. The maximum atomic E-state index is 5.92. The molecule has 2 heterocycles. The van der Waals surface area contributed by atoms with Gasteiger partial charge in [-0.15, -0.1) is 0 Å². The van der Waals surface area contributed by atoms with E-state index in [1.807, 2.05) is 30.3 Å². The molecule has 1 aliphatic rings. The Balaban J connectivity index is 1.71. The van der Waals surface area contributed by atoms with E-state index in [4.69, 9.17) is 9.47 Å². The molecule has 4 heteroatoms. The molecule has 1 fully saturated rings. The number of hydrogen-bond donors (Lipinski definition) is 0. The average molecular weight is 258 g/mol. The summed E-state index contributed by atoms with van der Waals surface area (Å²) < 4.78 is 11.6. The summed E-state index contributed by atoms with van der Waals surface area (Å²) in [6.07, 6.45) is 1.93. The van der Waals surface area contributed by atoms with Gasteiger partial charge in [0.25, 0.3) is 0 Å². The molecule has 1 saturated heterocycles.